The average Bonchev–Trinajstić information content (AvgIpc) is 2.45. The van der Waals surface area contributed by atoms with E-state index >= 15 is 0 Å². The first-order valence-electron chi connectivity index (χ1n) is 7.66. The summed E-state index contributed by atoms with van der Waals surface area (Å²) in [6.45, 7) is 9.29. The van der Waals surface area contributed by atoms with E-state index in [9.17, 15) is 0 Å². The molecule has 0 spiro atoms. The first kappa shape index (κ1) is 15.6. The number of hydrogen-bond acceptors (Lipinski definition) is 2. The summed E-state index contributed by atoms with van der Waals surface area (Å²) in [7, 11) is 0. The number of rotatable bonds is 6. The maximum Gasteiger partial charge on any atom is 0.119 e. The lowest BCUT2D eigenvalue weighted by Crippen LogP contribution is -2.22. The molecule has 0 amide bonds. The van der Waals surface area contributed by atoms with E-state index in [1.54, 1.807) is 0 Å². The normalized spacial score (nSPS) is 12.4. The molecule has 112 valence electrons. The minimum absolute atomic E-state index is 0.206. The molecule has 1 unspecified atom stereocenters. The first-order chi connectivity index (χ1) is 10.1. The van der Waals surface area contributed by atoms with E-state index in [1.807, 2.05) is 13.8 Å². The van der Waals surface area contributed by atoms with Gasteiger partial charge in [-0.25, -0.2) is 0 Å². The molecule has 2 heteroatoms. The second-order valence-corrected chi connectivity index (χ2v) is 5.64. The molecule has 0 aliphatic carbocycles. The van der Waals surface area contributed by atoms with Crippen LogP contribution in [0, 0.1) is 6.92 Å². The average molecular weight is 283 g/mol. The predicted molar refractivity (Wildman–Crippen MR) is 88.9 cm³/mol. The van der Waals surface area contributed by atoms with Crippen molar-refractivity contribution in [2.75, 3.05) is 6.54 Å². The molecule has 0 radical (unpaired) electrons. The van der Waals surface area contributed by atoms with Crippen LogP contribution in [0.15, 0.2) is 48.5 Å². The van der Waals surface area contributed by atoms with Crippen molar-refractivity contribution in [3.05, 3.63) is 65.2 Å². The Morgan fingerprint density at radius 1 is 1.00 bits per heavy atom. The van der Waals surface area contributed by atoms with Gasteiger partial charge in [0.15, 0.2) is 0 Å². The van der Waals surface area contributed by atoms with Crippen molar-refractivity contribution in [1.29, 1.82) is 0 Å². The van der Waals surface area contributed by atoms with Gasteiger partial charge in [0.05, 0.1) is 12.1 Å². The molecule has 0 aliphatic rings. The zero-order valence-corrected chi connectivity index (χ0v) is 13.4. The standard InChI is InChI=1S/C19H25NO/c1-5-20-19(17-8-6-7-15(4)13-17)16-9-11-18(12-10-16)21-14(2)3/h6-14,19-20H,5H2,1-4H3. The van der Waals surface area contributed by atoms with Crippen LogP contribution in [0.2, 0.25) is 0 Å². The van der Waals surface area contributed by atoms with Gasteiger partial charge in [-0.2, -0.15) is 0 Å². The summed E-state index contributed by atoms with van der Waals surface area (Å²) < 4.78 is 5.71. The number of hydrogen-bond donors (Lipinski definition) is 1. The van der Waals surface area contributed by atoms with Crippen molar-refractivity contribution in [2.45, 2.75) is 39.8 Å². The summed E-state index contributed by atoms with van der Waals surface area (Å²) in [6.07, 6.45) is 0.206. The van der Waals surface area contributed by atoms with E-state index in [0.717, 1.165) is 12.3 Å². The zero-order valence-electron chi connectivity index (χ0n) is 13.4. The molecule has 2 aromatic rings. The molecule has 2 aromatic carbocycles. The Kier molecular flexibility index (Phi) is 5.40. The smallest absolute Gasteiger partial charge is 0.119 e. The minimum atomic E-state index is 0.206. The number of ether oxygens (including phenoxy) is 1. The van der Waals surface area contributed by atoms with Crippen molar-refractivity contribution < 1.29 is 4.74 Å². The van der Waals surface area contributed by atoms with Gasteiger partial charge in [-0.15, -0.1) is 0 Å². The van der Waals surface area contributed by atoms with Crippen LogP contribution in [0.25, 0.3) is 0 Å². The maximum atomic E-state index is 5.71. The van der Waals surface area contributed by atoms with Gasteiger partial charge in [0.25, 0.3) is 0 Å². The van der Waals surface area contributed by atoms with Crippen molar-refractivity contribution >= 4 is 0 Å². The Hall–Kier alpha value is -1.80. The van der Waals surface area contributed by atoms with Gasteiger partial charge in [-0.1, -0.05) is 48.9 Å². The third-order valence-electron chi connectivity index (χ3n) is 3.37. The topological polar surface area (TPSA) is 21.3 Å². The molecule has 2 nitrogen and oxygen atoms in total. The second-order valence-electron chi connectivity index (χ2n) is 5.64. The van der Waals surface area contributed by atoms with Crippen LogP contribution < -0.4 is 10.1 Å². The molecule has 1 atom stereocenters. The summed E-state index contributed by atoms with van der Waals surface area (Å²) >= 11 is 0. The van der Waals surface area contributed by atoms with Crippen LogP contribution in [-0.4, -0.2) is 12.6 Å². The zero-order chi connectivity index (χ0) is 15.2. The predicted octanol–water partition coefficient (Wildman–Crippen LogP) is 4.48. The molecule has 0 heterocycles. The highest BCUT2D eigenvalue weighted by molar-refractivity contribution is 5.36. The maximum absolute atomic E-state index is 5.71. The molecule has 1 N–H and O–H groups in total. The molecule has 0 bridgehead atoms. The number of aryl methyl sites for hydroxylation is 1. The summed E-state index contributed by atoms with van der Waals surface area (Å²) in [5.74, 6) is 0.924. The summed E-state index contributed by atoms with van der Waals surface area (Å²) in [5.41, 5.74) is 3.85. The van der Waals surface area contributed by atoms with Crippen LogP contribution in [0.5, 0.6) is 5.75 Å². The van der Waals surface area contributed by atoms with Crippen molar-refractivity contribution in [1.82, 2.24) is 5.32 Å². The van der Waals surface area contributed by atoms with E-state index in [2.05, 4.69) is 67.7 Å². The fourth-order valence-electron chi connectivity index (χ4n) is 2.49. The van der Waals surface area contributed by atoms with E-state index in [-0.39, 0.29) is 12.1 Å². The number of nitrogens with one attached hydrogen (secondary N) is 1. The molecule has 0 saturated heterocycles. The van der Waals surface area contributed by atoms with Crippen LogP contribution in [-0.2, 0) is 0 Å². The highest BCUT2D eigenvalue weighted by Crippen LogP contribution is 2.25. The van der Waals surface area contributed by atoms with Crippen molar-refractivity contribution in [3.8, 4) is 5.75 Å². The van der Waals surface area contributed by atoms with Gasteiger partial charge >= 0.3 is 0 Å². The largest absolute Gasteiger partial charge is 0.491 e. The molecule has 0 fully saturated rings. The lowest BCUT2D eigenvalue weighted by Gasteiger charge is -2.20. The first-order valence-corrected chi connectivity index (χ1v) is 7.66. The van der Waals surface area contributed by atoms with Gasteiger partial charge in [0, 0.05) is 0 Å². The second kappa shape index (κ2) is 7.28. The van der Waals surface area contributed by atoms with Crippen LogP contribution >= 0.6 is 0 Å². The molecular formula is C19H25NO. The van der Waals surface area contributed by atoms with Crippen LogP contribution in [0.3, 0.4) is 0 Å². The third kappa shape index (κ3) is 4.33. The van der Waals surface area contributed by atoms with Crippen LogP contribution in [0.4, 0.5) is 0 Å². The van der Waals surface area contributed by atoms with E-state index < -0.39 is 0 Å². The minimum Gasteiger partial charge on any atom is -0.491 e. The van der Waals surface area contributed by atoms with E-state index in [4.69, 9.17) is 4.74 Å². The van der Waals surface area contributed by atoms with E-state index in [1.165, 1.54) is 16.7 Å². The quantitative estimate of drug-likeness (QED) is 0.844. The SMILES string of the molecule is CCNC(c1ccc(OC(C)C)cc1)c1cccc(C)c1. The Morgan fingerprint density at radius 2 is 1.71 bits per heavy atom. The molecule has 0 aromatic heterocycles. The fourth-order valence-corrected chi connectivity index (χ4v) is 2.49. The molecule has 0 aliphatic heterocycles. The van der Waals surface area contributed by atoms with Gasteiger partial charge in [-0.3, -0.25) is 0 Å². The highest BCUT2D eigenvalue weighted by atomic mass is 16.5. The lowest BCUT2D eigenvalue weighted by molar-refractivity contribution is 0.242. The Morgan fingerprint density at radius 3 is 2.29 bits per heavy atom. The summed E-state index contributed by atoms with van der Waals surface area (Å²) in [4.78, 5) is 0. The summed E-state index contributed by atoms with van der Waals surface area (Å²) in [6, 6.07) is 17.3. The monoisotopic (exact) mass is 283 g/mol. The highest BCUT2D eigenvalue weighted by Gasteiger charge is 2.13. The molecule has 0 saturated carbocycles. The van der Waals surface area contributed by atoms with E-state index in [0.29, 0.717) is 0 Å². The van der Waals surface area contributed by atoms with Gasteiger partial charge in [0.2, 0.25) is 0 Å². The van der Waals surface area contributed by atoms with Crippen molar-refractivity contribution in [2.24, 2.45) is 0 Å². The fraction of sp³-hybridized carbons (Fsp3) is 0.368. The molecule has 2 rings (SSSR count). The number of benzene rings is 2. The van der Waals surface area contributed by atoms with Gasteiger partial charge in [-0.05, 0) is 50.6 Å². The van der Waals surface area contributed by atoms with Crippen LogP contribution in [0.1, 0.15) is 43.5 Å². The Bertz CT molecular complexity index is 560. The molecule has 21 heavy (non-hydrogen) atoms. The van der Waals surface area contributed by atoms with Gasteiger partial charge < -0.3 is 10.1 Å². The van der Waals surface area contributed by atoms with Crippen molar-refractivity contribution in [3.63, 3.8) is 0 Å². The van der Waals surface area contributed by atoms with Gasteiger partial charge in [0.1, 0.15) is 5.75 Å². The summed E-state index contributed by atoms with van der Waals surface area (Å²) in [5, 5.41) is 3.56. The third-order valence-corrected chi connectivity index (χ3v) is 3.37. The lowest BCUT2D eigenvalue weighted by atomic mass is 9.97. The molecular weight excluding hydrogens is 258 g/mol. The Labute approximate surface area is 128 Å². The Balaban J connectivity index is 2.26.